The molecule has 0 unspecified atom stereocenters. The van der Waals surface area contributed by atoms with Crippen molar-refractivity contribution in [1.82, 2.24) is 20.4 Å². The van der Waals surface area contributed by atoms with E-state index in [2.05, 4.69) is 15.5 Å². The number of ether oxygens (including phenoxy) is 1. The Balaban J connectivity index is 0.00000385. The minimum absolute atomic E-state index is 0. The molecule has 3 rings (SSSR count). The Bertz CT molecular complexity index is 838. The van der Waals surface area contributed by atoms with Crippen LogP contribution in [0.4, 0.5) is 0 Å². The maximum Gasteiger partial charge on any atom is 0.309 e. The summed E-state index contributed by atoms with van der Waals surface area (Å²) in [7, 11) is 0. The number of hydrogen-bond acceptors (Lipinski definition) is 5. The Morgan fingerprint density at radius 2 is 1.82 bits per heavy atom. The fraction of sp³-hybridized carbons (Fsp3) is 0.565. The lowest BCUT2D eigenvalue weighted by Gasteiger charge is -2.33. The molecule has 1 aromatic carbocycles. The van der Waals surface area contributed by atoms with E-state index in [1.54, 1.807) is 17.0 Å². The normalized spacial score (nSPS) is 17.2. The first-order chi connectivity index (χ1) is 15.5. The van der Waals surface area contributed by atoms with Crippen molar-refractivity contribution < 1.29 is 19.1 Å². The highest BCUT2D eigenvalue weighted by molar-refractivity contribution is 14.0. The average molecular weight is 571 g/mol. The van der Waals surface area contributed by atoms with Gasteiger partial charge >= 0.3 is 5.97 Å². The van der Waals surface area contributed by atoms with Gasteiger partial charge in [-0.15, -0.1) is 24.0 Å². The second kappa shape index (κ2) is 13.4. The van der Waals surface area contributed by atoms with Crippen molar-refractivity contribution in [2.24, 2.45) is 10.9 Å². The smallest absolute Gasteiger partial charge is 0.309 e. The lowest BCUT2D eigenvalue weighted by molar-refractivity contribution is -0.149. The quantitative estimate of drug-likeness (QED) is 0.233. The summed E-state index contributed by atoms with van der Waals surface area (Å²) >= 11 is 0. The summed E-state index contributed by atoms with van der Waals surface area (Å²) < 4.78 is 5.15. The third-order valence-corrected chi connectivity index (χ3v) is 5.69. The maximum atomic E-state index is 12.6. The van der Waals surface area contributed by atoms with E-state index >= 15 is 0 Å². The molecule has 0 bridgehead atoms. The molecule has 2 aliphatic rings. The molecular formula is C23H34IN5O4. The number of guanidine groups is 1. The van der Waals surface area contributed by atoms with E-state index in [4.69, 9.17) is 9.73 Å². The molecule has 2 N–H and O–H groups in total. The molecule has 2 aliphatic heterocycles. The van der Waals surface area contributed by atoms with E-state index in [0.29, 0.717) is 31.8 Å². The van der Waals surface area contributed by atoms with Crippen LogP contribution in [-0.4, -0.2) is 79.4 Å². The molecule has 0 spiro atoms. The van der Waals surface area contributed by atoms with Crippen molar-refractivity contribution in [3.05, 3.63) is 35.4 Å². The van der Waals surface area contributed by atoms with Crippen LogP contribution in [0.3, 0.4) is 0 Å². The molecule has 0 aromatic heterocycles. The molecule has 10 heteroatoms. The lowest BCUT2D eigenvalue weighted by Crippen LogP contribution is -2.49. The van der Waals surface area contributed by atoms with Crippen molar-refractivity contribution in [1.29, 1.82) is 0 Å². The van der Waals surface area contributed by atoms with Gasteiger partial charge in [0.05, 0.1) is 25.6 Å². The molecule has 182 valence electrons. The van der Waals surface area contributed by atoms with E-state index in [9.17, 15) is 14.4 Å². The molecule has 2 heterocycles. The molecule has 2 amide bonds. The van der Waals surface area contributed by atoms with Crippen LogP contribution in [0.5, 0.6) is 0 Å². The second-order valence-corrected chi connectivity index (χ2v) is 7.96. The molecule has 2 fully saturated rings. The first-order valence-electron chi connectivity index (χ1n) is 11.4. The zero-order chi connectivity index (χ0) is 22.9. The van der Waals surface area contributed by atoms with E-state index in [0.717, 1.165) is 44.0 Å². The zero-order valence-corrected chi connectivity index (χ0v) is 21.7. The summed E-state index contributed by atoms with van der Waals surface area (Å²) in [6.45, 7) is 8.15. The van der Waals surface area contributed by atoms with Gasteiger partial charge in [0.2, 0.25) is 5.91 Å². The molecule has 0 radical (unpaired) electrons. The van der Waals surface area contributed by atoms with Crippen molar-refractivity contribution in [3.63, 3.8) is 0 Å². The maximum absolute atomic E-state index is 12.6. The van der Waals surface area contributed by atoms with Gasteiger partial charge in [0.15, 0.2) is 5.96 Å². The number of nitrogens with one attached hydrogen (secondary N) is 2. The summed E-state index contributed by atoms with van der Waals surface area (Å²) in [4.78, 5) is 44.6. The van der Waals surface area contributed by atoms with Crippen molar-refractivity contribution in [2.75, 3.05) is 45.9 Å². The molecule has 1 aromatic rings. The van der Waals surface area contributed by atoms with Gasteiger partial charge in [0.1, 0.15) is 0 Å². The number of amides is 2. The molecule has 2 saturated heterocycles. The summed E-state index contributed by atoms with van der Waals surface area (Å²) in [6.07, 6.45) is 1.52. The summed E-state index contributed by atoms with van der Waals surface area (Å²) in [6, 6.07) is 7.38. The van der Waals surface area contributed by atoms with Gasteiger partial charge < -0.3 is 25.2 Å². The number of carbonyl (C=O) groups excluding carboxylic acids is 3. The minimum Gasteiger partial charge on any atom is -0.466 e. The van der Waals surface area contributed by atoms with Crippen LogP contribution in [0, 0.1) is 5.92 Å². The number of rotatable bonds is 6. The van der Waals surface area contributed by atoms with Crippen molar-refractivity contribution in [3.8, 4) is 0 Å². The van der Waals surface area contributed by atoms with Crippen molar-refractivity contribution >= 4 is 47.7 Å². The predicted octanol–water partition coefficient (Wildman–Crippen LogP) is 1.62. The van der Waals surface area contributed by atoms with Gasteiger partial charge in [-0.25, -0.2) is 4.99 Å². The fourth-order valence-electron chi connectivity index (χ4n) is 3.93. The standard InChI is InChI=1S/C23H33N5O4.HI/c1-3-24-23(27-12-9-19(10-13-27)22(31)32-4-2)26-15-17-5-7-18(8-6-17)21(30)28-14-11-25-20(29)16-28;/h5-8,19H,3-4,9-16H2,1-2H3,(H,24,26)(H,25,29);1H. The number of hydrogen-bond donors (Lipinski definition) is 2. The molecular weight excluding hydrogens is 537 g/mol. The monoisotopic (exact) mass is 571 g/mol. The molecule has 0 aliphatic carbocycles. The number of halogens is 1. The zero-order valence-electron chi connectivity index (χ0n) is 19.3. The fourth-order valence-corrected chi connectivity index (χ4v) is 3.93. The third kappa shape index (κ3) is 7.58. The Kier molecular flexibility index (Phi) is 10.9. The summed E-state index contributed by atoms with van der Waals surface area (Å²) in [5.41, 5.74) is 1.56. The number of piperazine rings is 1. The Morgan fingerprint density at radius 1 is 1.12 bits per heavy atom. The van der Waals surface area contributed by atoms with Gasteiger partial charge in [-0.1, -0.05) is 12.1 Å². The first-order valence-corrected chi connectivity index (χ1v) is 11.4. The molecule has 33 heavy (non-hydrogen) atoms. The highest BCUT2D eigenvalue weighted by atomic mass is 127. The van der Waals surface area contributed by atoms with Gasteiger partial charge in [-0.05, 0) is 44.4 Å². The average Bonchev–Trinajstić information content (AvgIpc) is 2.82. The van der Waals surface area contributed by atoms with Crippen LogP contribution in [0.15, 0.2) is 29.3 Å². The summed E-state index contributed by atoms with van der Waals surface area (Å²) in [5.74, 6) is 0.429. The van der Waals surface area contributed by atoms with E-state index in [1.807, 2.05) is 26.0 Å². The SMILES string of the molecule is CCNC(=NCc1ccc(C(=O)N2CCNC(=O)C2)cc1)N1CCC(C(=O)OCC)CC1.I. The minimum atomic E-state index is -0.132. The highest BCUT2D eigenvalue weighted by Crippen LogP contribution is 2.19. The number of aliphatic imine (C=N–C) groups is 1. The van der Waals surface area contributed by atoms with Crippen molar-refractivity contribution in [2.45, 2.75) is 33.2 Å². The Labute approximate surface area is 212 Å². The predicted molar refractivity (Wildman–Crippen MR) is 137 cm³/mol. The number of nitrogens with zero attached hydrogens (tertiary/aromatic N) is 3. The van der Waals surface area contributed by atoms with Crippen LogP contribution in [-0.2, 0) is 20.9 Å². The van der Waals surface area contributed by atoms with Crippen LogP contribution >= 0.6 is 24.0 Å². The van der Waals surface area contributed by atoms with E-state index in [1.165, 1.54) is 0 Å². The second-order valence-electron chi connectivity index (χ2n) is 7.96. The van der Waals surface area contributed by atoms with E-state index < -0.39 is 0 Å². The lowest BCUT2D eigenvalue weighted by atomic mass is 9.97. The molecule has 0 saturated carbocycles. The largest absolute Gasteiger partial charge is 0.466 e. The number of benzene rings is 1. The van der Waals surface area contributed by atoms with Crippen LogP contribution in [0.1, 0.15) is 42.6 Å². The summed E-state index contributed by atoms with van der Waals surface area (Å²) in [5, 5.41) is 6.05. The number of carbonyl (C=O) groups is 3. The Morgan fingerprint density at radius 3 is 2.42 bits per heavy atom. The number of esters is 1. The Hall–Kier alpha value is -2.37. The molecule has 0 atom stereocenters. The third-order valence-electron chi connectivity index (χ3n) is 5.69. The van der Waals surface area contributed by atoms with Gasteiger partial charge in [-0.2, -0.15) is 0 Å². The van der Waals surface area contributed by atoms with E-state index in [-0.39, 0.29) is 54.2 Å². The number of piperidine rings is 1. The first kappa shape index (κ1) is 26.9. The van der Waals surface area contributed by atoms with Crippen LogP contribution < -0.4 is 10.6 Å². The van der Waals surface area contributed by atoms with Gasteiger partial charge in [0, 0.05) is 38.3 Å². The molecule has 9 nitrogen and oxygen atoms in total. The van der Waals surface area contributed by atoms with Crippen LogP contribution in [0.2, 0.25) is 0 Å². The topological polar surface area (TPSA) is 103 Å². The van der Waals surface area contributed by atoms with Crippen LogP contribution in [0.25, 0.3) is 0 Å². The highest BCUT2D eigenvalue weighted by Gasteiger charge is 2.27. The van der Waals surface area contributed by atoms with Gasteiger partial charge in [0.25, 0.3) is 5.91 Å². The van der Waals surface area contributed by atoms with Gasteiger partial charge in [-0.3, -0.25) is 14.4 Å². The number of likely N-dealkylation sites (tertiary alicyclic amines) is 1.